The van der Waals surface area contributed by atoms with Gasteiger partial charge in [0, 0.05) is 11.6 Å². The number of nitrogens with two attached hydrogens (primary N) is 2. The molecule has 0 aliphatic heterocycles. The molecular formula is C15H16N2O3. The second kappa shape index (κ2) is 5.97. The number of carbonyl (C=O) groups excluding carboxylic acids is 1. The first-order chi connectivity index (χ1) is 9.60. The maximum atomic E-state index is 11.0. The van der Waals surface area contributed by atoms with Crippen LogP contribution in [0, 0.1) is 0 Å². The fourth-order valence-corrected chi connectivity index (χ4v) is 1.71. The summed E-state index contributed by atoms with van der Waals surface area (Å²) in [4.78, 5) is 11.0. The third-order valence-electron chi connectivity index (χ3n) is 2.85. The number of nitrogen functional groups attached to an aromatic ring is 1. The third kappa shape index (κ3) is 3.20. The first-order valence-electron chi connectivity index (χ1n) is 6.05. The van der Waals surface area contributed by atoms with Crippen LogP contribution in [0.1, 0.15) is 15.9 Å². The Morgan fingerprint density at radius 2 is 1.85 bits per heavy atom. The van der Waals surface area contributed by atoms with E-state index in [1.807, 2.05) is 0 Å². The van der Waals surface area contributed by atoms with Crippen LogP contribution in [-0.2, 0) is 6.61 Å². The third-order valence-corrected chi connectivity index (χ3v) is 2.85. The molecule has 0 saturated heterocycles. The number of ether oxygens (including phenoxy) is 2. The lowest BCUT2D eigenvalue weighted by Gasteiger charge is -2.10. The number of hydrogen-bond donors (Lipinski definition) is 2. The molecule has 0 aliphatic carbocycles. The van der Waals surface area contributed by atoms with E-state index in [0.29, 0.717) is 29.4 Å². The molecule has 20 heavy (non-hydrogen) atoms. The van der Waals surface area contributed by atoms with Gasteiger partial charge in [0.15, 0.2) is 0 Å². The Kier molecular flexibility index (Phi) is 4.10. The van der Waals surface area contributed by atoms with Crippen molar-refractivity contribution < 1.29 is 14.3 Å². The molecule has 0 bridgehead atoms. The number of rotatable bonds is 5. The normalized spacial score (nSPS) is 10.1. The van der Waals surface area contributed by atoms with Crippen molar-refractivity contribution in [1.82, 2.24) is 0 Å². The van der Waals surface area contributed by atoms with Crippen molar-refractivity contribution >= 4 is 11.6 Å². The molecule has 2 rings (SSSR count). The van der Waals surface area contributed by atoms with Crippen molar-refractivity contribution in [2.75, 3.05) is 12.8 Å². The molecule has 0 heterocycles. The first-order valence-corrected chi connectivity index (χ1v) is 6.05. The summed E-state index contributed by atoms with van der Waals surface area (Å²) < 4.78 is 10.7. The van der Waals surface area contributed by atoms with E-state index in [1.54, 1.807) is 49.6 Å². The summed E-state index contributed by atoms with van der Waals surface area (Å²) in [6, 6.07) is 12.1. The second-order valence-electron chi connectivity index (χ2n) is 4.25. The topological polar surface area (TPSA) is 87.6 Å². The number of benzene rings is 2. The van der Waals surface area contributed by atoms with Crippen molar-refractivity contribution in [3.63, 3.8) is 0 Å². The molecule has 0 unspecified atom stereocenters. The quantitative estimate of drug-likeness (QED) is 0.814. The minimum absolute atomic E-state index is 0.357. The van der Waals surface area contributed by atoms with Crippen LogP contribution in [0.4, 0.5) is 5.69 Å². The number of carbonyl (C=O) groups is 1. The largest absolute Gasteiger partial charge is 0.497 e. The summed E-state index contributed by atoms with van der Waals surface area (Å²) in [5.74, 6) is 0.822. The van der Waals surface area contributed by atoms with Crippen LogP contribution in [0.2, 0.25) is 0 Å². The molecule has 4 N–H and O–H groups in total. The average molecular weight is 272 g/mol. The maximum absolute atomic E-state index is 11.0. The van der Waals surface area contributed by atoms with Crippen LogP contribution in [0.25, 0.3) is 0 Å². The van der Waals surface area contributed by atoms with E-state index in [9.17, 15) is 4.79 Å². The zero-order valence-electron chi connectivity index (χ0n) is 11.1. The minimum atomic E-state index is -0.447. The standard InChI is InChI=1S/C15H16N2O3/c1-19-12-6-7-14(13(16)8-12)20-9-10-2-4-11(5-3-10)15(17)18/h2-8H,9,16H2,1H3,(H2,17,18). The van der Waals surface area contributed by atoms with Gasteiger partial charge in [0.25, 0.3) is 0 Å². The highest BCUT2D eigenvalue weighted by atomic mass is 16.5. The lowest BCUT2D eigenvalue weighted by atomic mass is 10.1. The Balaban J connectivity index is 2.03. The van der Waals surface area contributed by atoms with Gasteiger partial charge in [-0.25, -0.2) is 0 Å². The summed E-state index contributed by atoms with van der Waals surface area (Å²) in [6.45, 7) is 0.357. The number of anilines is 1. The Morgan fingerprint density at radius 3 is 2.40 bits per heavy atom. The van der Waals surface area contributed by atoms with Gasteiger partial charge in [-0.1, -0.05) is 12.1 Å². The highest BCUT2D eigenvalue weighted by molar-refractivity contribution is 5.92. The Morgan fingerprint density at radius 1 is 1.15 bits per heavy atom. The van der Waals surface area contributed by atoms with Crippen molar-refractivity contribution in [2.24, 2.45) is 5.73 Å². The molecular weight excluding hydrogens is 256 g/mol. The van der Waals surface area contributed by atoms with Gasteiger partial charge in [0.2, 0.25) is 5.91 Å². The predicted molar refractivity (Wildman–Crippen MR) is 76.7 cm³/mol. The summed E-state index contributed by atoms with van der Waals surface area (Å²) in [7, 11) is 1.58. The van der Waals surface area contributed by atoms with Crippen molar-refractivity contribution in [3.05, 3.63) is 53.6 Å². The second-order valence-corrected chi connectivity index (χ2v) is 4.25. The molecule has 104 valence electrons. The summed E-state index contributed by atoms with van der Waals surface area (Å²) >= 11 is 0. The Hall–Kier alpha value is -2.69. The summed E-state index contributed by atoms with van der Waals surface area (Å²) in [6.07, 6.45) is 0. The van der Waals surface area contributed by atoms with Gasteiger partial charge in [-0.3, -0.25) is 4.79 Å². The molecule has 0 radical (unpaired) electrons. The molecule has 0 aromatic heterocycles. The van der Waals surface area contributed by atoms with Crippen molar-refractivity contribution in [1.29, 1.82) is 0 Å². The molecule has 0 saturated carbocycles. The van der Waals surface area contributed by atoms with Gasteiger partial charge >= 0.3 is 0 Å². The molecule has 2 aromatic carbocycles. The van der Waals surface area contributed by atoms with E-state index in [4.69, 9.17) is 20.9 Å². The number of hydrogen-bond acceptors (Lipinski definition) is 4. The molecule has 0 spiro atoms. The van der Waals surface area contributed by atoms with E-state index < -0.39 is 5.91 Å². The molecule has 2 aromatic rings. The van der Waals surface area contributed by atoms with E-state index in [1.165, 1.54) is 0 Å². The van der Waals surface area contributed by atoms with Gasteiger partial charge in [-0.15, -0.1) is 0 Å². The summed E-state index contributed by atoms with van der Waals surface area (Å²) in [5.41, 5.74) is 12.9. The molecule has 0 atom stereocenters. The average Bonchev–Trinajstić information content (AvgIpc) is 2.46. The molecule has 5 nitrogen and oxygen atoms in total. The van der Waals surface area contributed by atoms with E-state index in [-0.39, 0.29) is 0 Å². The molecule has 1 amide bonds. The fourth-order valence-electron chi connectivity index (χ4n) is 1.71. The zero-order valence-corrected chi connectivity index (χ0v) is 11.1. The summed E-state index contributed by atoms with van der Waals surface area (Å²) in [5, 5.41) is 0. The van der Waals surface area contributed by atoms with Crippen LogP contribution in [0.5, 0.6) is 11.5 Å². The zero-order chi connectivity index (χ0) is 14.5. The highest BCUT2D eigenvalue weighted by Crippen LogP contribution is 2.26. The number of primary amides is 1. The van der Waals surface area contributed by atoms with E-state index in [2.05, 4.69) is 0 Å². The fraction of sp³-hybridized carbons (Fsp3) is 0.133. The van der Waals surface area contributed by atoms with Gasteiger partial charge in [0.05, 0.1) is 12.8 Å². The Bertz CT molecular complexity index is 609. The van der Waals surface area contributed by atoms with Crippen LogP contribution < -0.4 is 20.9 Å². The number of methoxy groups -OCH3 is 1. The molecule has 0 aliphatic rings. The van der Waals surface area contributed by atoms with Gasteiger partial charge < -0.3 is 20.9 Å². The van der Waals surface area contributed by atoms with Crippen LogP contribution in [-0.4, -0.2) is 13.0 Å². The monoisotopic (exact) mass is 272 g/mol. The molecule has 5 heteroatoms. The smallest absolute Gasteiger partial charge is 0.248 e. The number of amides is 1. The van der Waals surface area contributed by atoms with Crippen LogP contribution >= 0.6 is 0 Å². The minimum Gasteiger partial charge on any atom is -0.497 e. The maximum Gasteiger partial charge on any atom is 0.248 e. The van der Waals surface area contributed by atoms with Crippen molar-refractivity contribution in [3.8, 4) is 11.5 Å². The first kappa shape index (κ1) is 13.7. The van der Waals surface area contributed by atoms with Gasteiger partial charge in [-0.05, 0) is 29.8 Å². The van der Waals surface area contributed by atoms with Crippen LogP contribution in [0.3, 0.4) is 0 Å². The molecule has 0 fully saturated rings. The predicted octanol–water partition coefficient (Wildman–Crippen LogP) is 1.96. The van der Waals surface area contributed by atoms with E-state index >= 15 is 0 Å². The lowest BCUT2D eigenvalue weighted by molar-refractivity contribution is 0.1000. The van der Waals surface area contributed by atoms with Gasteiger partial charge in [-0.2, -0.15) is 0 Å². The van der Waals surface area contributed by atoms with Gasteiger partial charge in [0.1, 0.15) is 18.1 Å². The SMILES string of the molecule is COc1ccc(OCc2ccc(C(N)=O)cc2)c(N)c1. The Labute approximate surface area is 117 Å². The van der Waals surface area contributed by atoms with E-state index in [0.717, 1.165) is 5.56 Å². The lowest BCUT2D eigenvalue weighted by Crippen LogP contribution is -2.10. The highest BCUT2D eigenvalue weighted by Gasteiger charge is 2.04. The van der Waals surface area contributed by atoms with Crippen LogP contribution in [0.15, 0.2) is 42.5 Å². The van der Waals surface area contributed by atoms with Crippen molar-refractivity contribution in [2.45, 2.75) is 6.61 Å².